The van der Waals surface area contributed by atoms with Gasteiger partial charge in [0.05, 0.1) is 11.3 Å². The maximum atomic E-state index is 13.2. The third-order valence-corrected chi connectivity index (χ3v) is 4.03. The first-order chi connectivity index (χ1) is 11.7. The van der Waals surface area contributed by atoms with Crippen LogP contribution in [-0.2, 0) is 0 Å². The molecule has 0 spiro atoms. The minimum Gasteiger partial charge on any atom is -0.368 e. The molecule has 0 aromatic heterocycles. The Morgan fingerprint density at radius 3 is 2.46 bits per heavy atom. The van der Waals surface area contributed by atoms with Crippen LogP contribution in [0.2, 0.25) is 0 Å². The van der Waals surface area contributed by atoms with Crippen molar-refractivity contribution in [3.63, 3.8) is 0 Å². The second-order valence-corrected chi connectivity index (χ2v) is 5.54. The first-order valence-electron chi connectivity index (χ1n) is 7.73. The molecule has 2 aromatic carbocycles. The molecule has 2 amide bonds. The van der Waals surface area contributed by atoms with Gasteiger partial charge in [0.25, 0.3) is 0 Å². The topological polar surface area (TPSA) is 59.4 Å². The highest BCUT2D eigenvalue weighted by Gasteiger charge is 2.21. The number of amides is 2. The number of urea groups is 1. The number of nitriles is 1. The summed E-state index contributed by atoms with van der Waals surface area (Å²) < 4.78 is 13.2. The Balaban J connectivity index is 1.61. The van der Waals surface area contributed by atoms with Gasteiger partial charge in [-0.2, -0.15) is 5.26 Å². The van der Waals surface area contributed by atoms with E-state index in [1.54, 1.807) is 4.90 Å². The lowest BCUT2D eigenvalue weighted by molar-refractivity contribution is 0.208. The number of carbonyl (C=O) groups excluding carboxylic acids is 1. The van der Waals surface area contributed by atoms with Gasteiger partial charge in [-0.15, -0.1) is 0 Å². The van der Waals surface area contributed by atoms with Crippen LogP contribution in [0.5, 0.6) is 0 Å². The maximum absolute atomic E-state index is 13.2. The highest BCUT2D eigenvalue weighted by atomic mass is 19.1. The zero-order chi connectivity index (χ0) is 16.9. The fourth-order valence-electron chi connectivity index (χ4n) is 2.72. The number of rotatable bonds is 2. The largest absolute Gasteiger partial charge is 0.368 e. The predicted octanol–water partition coefficient (Wildman–Crippen LogP) is 3.05. The molecule has 5 nitrogen and oxygen atoms in total. The summed E-state index contributed by atoms with van der Waals surface area (Å²) in [7, 11) is 0. The van der Waals surface area contributed by atoms with E-state index in [2.05, 4.69) is 10.2 Å². The Hall–Kier alpha value is -3.07. The van der Waals surface area contributed by atoms with Crippen LogP contribution in [0.1, 0.15) is 5.56 Å². The van der Waals surface area contributed by atoms with Crippen LogP contribution in [0.3, 0.4) is 0 Å². The molecule has 0 unspecified atom stereocenters. The van der Waals surface area contributed by atoms with E-state index in [0.29, 0.717) is 18.8 Å². The van der Waals surface area contributed by atoms with Crippen molar-refractivity contribution in [2.75, 3.05) is 36.4 Å². The summed E-state index contributed by atoms with van der Waals surface area (Å²) in [6, 6.07) is 15.4. The molecule has 0 bridgehead atoms. The molecule has 2 aromatic rings. The van der Waals surface area contributed by atoms with Crippen LogP contribution >= 0.6 is 0 Å². The third-order valence-electron chi connectivity index (χ3n) is 4.03. The summed E-state index contributed by atoms with van der Waals surface area (Å²) in [5.74, 6) is -0.499. The lowest BCUT2D eigenvalue weighted by Gasteiger charge is -2.36. The van der Waals surface area contributed by atoms with Crippen molar-refractivity contribution in [1.29, 1.82) is 5.26 Å². The van der Waals surface area contributed by atoms with Gasteiger partial charge < -0.3 is 15.1 Å². The molecule has 6 heteroatoms. The lowest BCUT2D eigenvalue weighted by Crippen LogP contribution is -2.50. The predicted molar refractivity (Wildman–Crippen MR) is 90.4 cm³/mol. The Kier molecular flexibility index (Phi) is 4.62. The average molecular weight is 324 g/mol. The number of benzene rings is 2. The Morgan fingerprint density at radius 1 is 1.08 bits per heavy atom. The van der Waals surface area contributed by atoms with Crippen LogP contribution in [0.15, 0.2) is 48.5 Å². The van der Waals surface area contributed by atoms with Crippen molar-refractivity contribution >= 4 is 17.4 Å². The maximum Gasteiger partial charge on any atom is 0.322 e. The van der Waals surface area contributed by atoms with Crippen molar-refractivity contribution in [3.05, 3.63) is 59.9 Å². The van der Waals surface area contributed by atoms with E-state index in [9.17, 15) is 9.18 Å². The van der Waals surface area contributed by atoms with Crippen molar-refractivity contribution in [3.8, 4) is 6.07 Å². The van der Waals surface area contributed by atoms with Gasteiger partial charge in [-0.25, -0.2) is 9.18 Å². The second kappa shape index (κ2) is 7.01. The summed E-state index contributed by atoms with van der Waals surface area (Å²) in [6.07, 6.45) is 0. The molecule has 0 atom stereocenters. The fraction of sp³-hybridized carbons (Fsp3) is 0.222. The number of nitrogens with zero attached hydrogens (tertiary/aromatic N) is 3. The van der Waals surface area contributed by atoms with Crippen LogP contribution in [0.25, 0.3) is 0 Å². The number of carbonyl (C=O) groups is 1. The molecule has 24 heavy (non-hydrogen) atoms. The van der Waals surface area contributed by atoms with E-state index < -0.39 is 5.82 Å². The molecule has 0 saturated carbocycles. The summed E-state index contributed by atoms with van der Waals surface area (Å²) >= 11 is 0. The van der Waals surface area contributed by atoms with Crippen molar-refractivity contribution < 1.29 is 9.18 Å². The van der Waals surface area contributed by atoms with Crippen LogP contribution in [-0.4, -0.2) is 37.1 Å². The summed E-state index contributed by atoms with van der Waals surface area (Å²) in [6.45, 7) is 2.66. The van der Waals surface area contributed by atoms with Crippen molar-refractivity contribution in [2.45, 2.75) is 0 Å². The molecule has 1 aliphatic heterocycles. The summed E-state index contributed by atoms with van der Waals surface area (Å²) in [5, 5.41) is 11.7. The molecule has 3 rings (SSSR count). The van der Waals surface area contributed by atoms with Gasteiger partial charge in [-0.1, -0.05) is 18.2 Å². The normalized spacial score (nSPS) is 14.2. The summed E-state index contributed by atoms with van der Waals surface area (Å²) in [5.41, 5.74) is 1.59. The van der Waals surface area contributed by atoms with E-state index >= 15 is 0 Å². The van der Waals surface area contributed by atoms with E-state index in [1.165, 1.54) is 12.1 Å². The monoisotopic (exact) mass is 324 g/mol. The zero-order valence-electron chi connectivity index (χ0n) is 13.1. The van der Waals surface area contributed by atoms with Gasteiger partial charge in [0.15, 0.2) is 0 Å². The summed E-state index contributed by atoms with van der Waals surface area (Å²) in [4.78, 5) is 16.3. The van der Waals surface area contributed by atoms with E-state index in [4.69, 9.17) is 5.26 Å². The molecule has 1 fully saturated rings. The van der Waals surface area contributed by atoms with Gasteiger partial charge in [-0.05, 0) is 30.3 Å². The van der Waals surface area contributed by atoms with Crippen molar-refractivity contribution in [1.82, 2.24) is 4.90 Å². The standard InChI is InChI=1S/C18H17FN4O/c19-15-6-7-17(14(12-15)13-20)21-18(24)23-10-8-22(9-11-23)16-4-2-1-3-5-16/h1-7,12H,8-11H2,(H,21,24). The highest BCUT2D eigenvalue weighted by Crippen LogP contribution is 2.18. The first kappa shape index (κ1) is 15.8. The highest BCUT2D eigenvalue weighted by molar-refractivity contribution is 5.91. The minimum absolute atomic E-state index is 0.117. The van der Waals surface area contributed by atoms with E-state index in [1.807, 2.05) is 36.4 Å². The lowest BCUT2D eigenvalue weighted by atomic mass is 10.2. The first-order valence-corrected chi connectivity index (χ1v) is 7.73. The number of halogens is 1. The average Bonchev–Trinajstić information content (AvgIpc) is 2.64. The van der Waals surface area contributed by atoms with E-state index in [-0.39, 0.29) is 11.6 Å². The molecule has 0 aliphatic carbocycles. The Morgan fingerprint density at radius 2 is 1.79 bits per heavy atom. The smallest absolute Gasteiger partial charge is 0.322 e. The molecule has 1 saturated heterocycles. The van der Waals surface area contributed by atoms with Crippen molar-refractivity contribution in [2.24, 2.45) is 0 Å². The minimum atomic E-state index is -0.499. The number of anilines is 2. The second-order valence-electron chi connectivity index (χ2n) is 5.54. The molecule has 0 radical (unpaired) electrons. The SMILES string of the molecule is N#Cc1cc(F)ccc1NC(=O)N1CCN(c2ccccc2)CC1. The number of para-hydroxylation sites is 1. The van der Waals surface area contributed by atoms with Gasteiger partial charge >= 0.3 is 6.03 Å². The van der Waals surface area contributed by atoms with Crippen LogP contribution in [0.4, 0.5) is 20.6 Å². The molecule has 122 valence electrons. The van der Waals surface area contributed by atoms with Gasteiger partial charge in [0.2, 0.25) is 0 Å². The van der Waals surface area contributed by atoms with E-state index in [0.717, 1.165) is 24.8 Å². The van der Waals surface area contributed by atoms with Gasteiger partial charge in [0, 0.05) is 31.9 Å². The van der Waals surface area contributed by atoms with Crippen LogP contribution < -0.4 is 10.2 Å². The number of nitrogens with one attached hydrogen (secondary N) is 1. The Bertz CT molecular complexity index is 764. The molecule has 1 heterocycles. The number of piperazine rings is 1. The number of hydrogen-bond acceptors (Lipinski definition) is 3. The number of hydrogen-bond donors (Lipinski definition) is 1. The Labute approximate surface area is 139 Å². The van der Waals surface area contributed by atoms with Gasteiger partial charge in [-0.3, -0.25) is 0 Å². The third kappa shape index (κ3) is 3.46. The zero-order valence-corrected chi connectivity index (χ0v) is 13.1. The molecule has 1 aliphatic rings. The molecule has 1 N–H and O–H groups in total. The molecular weight excluding hydrogens is 307 g/mol. The molecular formula is C18H17FN4O. The van der Waals surface area contributed by atoms with Gasteiger partial charge in [0.1, 0.15) is 11.9 Å². The van der Waals surface area contributed by atoms with Crippen LogP contribution in [0, 0.1) is 17.1 Å². The fourth-order valence-corrected chi connectivity index (χ4v) is 2.72. The quantitative estimate of drug-likeness (QED) is 0.923.